The Balaban J connectivity index is 2.10. The molecule has 0 amide bonds. The zero-order valence-electron chi connectivity index (χ0n) is 12.8. The number of para-hydroxylation sites is 1. The Morgan fingerprint density at radius 2 is 1.57 bits per heavy atom. The summed E-state index contributed by atoms with van der Waals surface area (Å²) >= 11 is 0. The van der Waals surface area contributed by atoms with Gasteiger partial charge in [-0.15, -0.1) is 0 Å². The molecule has 0 heterocycles. The molecule has 2 N–H and O–H groups in total. The summed E-state index contributed by atoms with van der Waals surface area (Å²) < 4.78 is 27.4. The molecular weight excluding hydrogens is 308 g/mol. The van der Waals surface area contributed by atoms with E-state index in [1.165, 1.54) is 4.31 Å². The summed E-state index contributed by atoms with van der Waals surface area (Å²) in [5.74, 6) is 0. The summed E-state index contributed by atoms with van der Waals surface area (Å²) in [4.78, 5) is 0.278. The molecule has 3 aromatic rings. The van der Waals surface area contributed by atoms with Crippen LogP contribution in [0, 0.1) is 0 Å². The van der Waals surface area contributed by atoms with Crippen molar-refractivity contribution < 1.29 is 8.42 Å². The first-order valence-corrected chi connectivity index (χ1v) is 8.83. The quantitative estimate of drug-likeness (QED) is 0.745. The first kappa shape index (κ1) is 15.4. The highest BCUT2D eigenvalue weighted by atomic mass is 32.2. The Morgan fingerprint density at radius 1 is 0.913 bits per heavy atom. The van der Waals surface area contributed by atoms with Crippen LogP contribution in [0.1, 0.15) is 6.92 Å². The highest BCUT2D eigenvalue weighted by molar-refractivity contribution is 7.92. The van der Waals surface area contributed by atoms with Gasteiger partial charge in [0, 0.05) is 12.2 Å². The molecule has 0 aliphatic heterocycles. The van der Waals surface area contributed by atoms with Crippen LogP contribution in [0.2, 0.25) is 0 Å². The van der Waals surface area contributed by atoms with Crippen molar-refractivity contribution in [3.8, 4) is 0 Å². The monoisotopic (exact) mass is 326 g/mol. The first-order chi connectivity index (χ1) is 11.0. The molecule has 3 rings (SSSR count). The number of hydrogen-bond donors (Lipinski definition) is 1. The SMILES string of the molecule is CCN(c1ccccc1)S(=O)(=O)c1ccc2cc(N)ccc2c1. The van der Waals surface area contributed by atoms with E-state index in [0.717, 1.165) is 10.8 Å². The molecule has 0 saturated heterocycles. The van der Waals surface area contributed by atoms with E-state index < -0.39 is 10.0 Å². The molecule has 23 heavy (non-hydrogen) atoms. The Morgan fingerprint density at radius 3 is 2.26 bits per heavy atom. The average Bonchev–Trinajstić information content (AvgIpc) is 2.55. The lowest BCUT2D eigenvalue weighted by atomic mass is 10.1. The van der Waals surface area contributed by atoms with Crippen LogP contribution < -0.4 is 10.0 Å². The summed E-state index contributed by atoms with van der Waals surface area (Å²) in [6, 6.07) is 19.7. The predicted octanol–water partition coefficient (Wildman–Crippen LogP) is 3.64. The smallest absolute Gasteiger partial charge is 0.264 e. The number of nitrogens with two attached hydrogens (primary N) is 1. The van der Waals surface area contributed by atoms with Crippen molar-refractivity contribution >= 4 is 32.2 Å². The van der Waals surface area contributed by atoms with E-state index >= 15 is 0 Å². The zero-order valence-corrected chi connectivity index (χ0v) is 13.6. The van der Waals surface area contributed by atoms with Crippen LogP contribution in [0.4, 0.5) is 11.4 Å². The van der Waals surface area contributed by atoms with E-state index in [1.54, 1.807) is 36.4 Å². The fourth-order valence-corrected chi connectivity index (χ4v) is 4.13. The van der Waals surface area contributed by atoms with Gasteiger partial charge in [-0.25, -0.2) is 8.42 Å². The van der Waals surface area contributed by atoms with Gasteiger partial charge in [0.2, 0.25) is 0 Å². The molecule has 0 radical (unpaired) electrons. The summed E-state index contributed by atoms with van der Waals surface area (Å²) in [6.07, 6.45) is 0. The minimum atomic E-state index is -3.60. The highest BCUT2D eigenvalue weighted by Crippen LogP contribution is 2.26. The van der Waals surface area contributed by atoms with Crippen LogP contribution in [0.15, 0.2) is 71.6 Å². The van der Waals surface area contributed by atoms with Gasteiger partial charge in [0.15, 0.2) is 0 Å². The molecule has 3 aromatic carbocycles. The third-order valence-electron chi connectivity index (χ3n) is 3.76. The van der Waals surface area contributed by atoms with E-state index in [4.69, 9.17) is 5.73 Å². The third kappa shape index (κ3) is 2.87. The van der Waals surface area contributed by atoms with Gasteiger partial charge in [-0.05, 0) is 54.1 Å². The largest absolute Gasteiger partial charge is 0.399 e. The van der Waals surface area contributed by atoms with Crippen LogP contribution in [-0.2, 0) is 10.0 Å². The number of rotatable bonds is 4. The predicted molar refractivity (Wildman–Crippen MR) is 95.0 cm³/mol. The Kier molecular flexibility index (Phi) is 3.96. The fraction of sp³-hybridized carbons (Fsp3) is 0.111. The van der Waals surface area contributed by atoms with Crippen LogP contribution >= 0.6 is 0 Å². The van der Waals surface area contributed by atoms with Crippen molar-refractivity contribution in [1.82, 2.24) is 0 Å². The lowest BCUT2D eigenvalue weighted by Crippen LogP contribution is -2.30. The zero-order chi connectivity index (χ0) is 16.4. The van der Waals surface area contributed by atoms with Crippen molar-refractivity contribution in [1.29, 1.82) is 0 Å². The van der Waals surface area contributed by atoms with Crippen LogP contribution in [0.3, 0.4) is 0 Å². The summed E-state index contributed by atoms with van der Waals surface area (Å²) in [6.45, 7) is 2.19. The molecule has 0 atom stereocenters. The Hall–Kier alpha value is -2.53. The second kappa shape index (κ2) is 5.93. The lowest BCUT2D eigenvalue weighted by molar-refractivity contribution is 0.592. The van der Waals surface area contributed by atoms with E-state index in [0.29, 0.717) is 17.9 Å². The minimum absolute atomic E-state index is 0.278. The van der Waals surface area contributed by atoms with Gasteiger partial charge in [0.1, 0.15) is 0 Å². The number of sulfonamides is 1. The topological polar surface area (TPSA) is 63.4 Å². The standard InChI is InChI=1S/C18H18N2O2S/c1-2-20(17-6-4-3-5-7-17)23(21,22)18-11-9-14-12-16(19)10-8-15(14)13-18/h3-13H,2,19H2,1H3. The molecule has 0 aromatic heterocycles. The van der Waals surface area contributed by atoms with Crippen LogP contribution in [0.5, 0.6) is 0 Å². The van der Waals surface area contributed by atoms with Gasteiger partial charge in [-0.2, -0.15) is 0 Å². The maximum Gasteiger partial charge on any atom is 0.264 e. The van der Waals surface area contributed by atoms with E-state index in [9.17, 15) is 8.42 Å². The maximum atomic E-state index is 13.0. The number of hydrogen-bond acceptors (Lipinski definition) is 3. The van der Waals surface area contributed by atoms with Crippen molar-refractivity contribution in [2.24, 2.45) is 0 Å². The minimum Gasteiger partial charge on any atom is -0.399 e. The van der Waals surface area contributed by atoms with Crippen LogP contribution in [0.25, 0.3) is 10.8 Å². The number of nitrogens with zero attached hydrogens (tertiary/aromatic N) is 1. The molecule has 4 nitrogen and oxygen atoms in total. The highest BCUT2D eigenvalue weighted by Gasteiger charge is 2.23. The fourth-order valence-electron chi connectivity index (χ4n) is 2.62. The third-order valence-corrected chi connectivity index (χ3v) is 5.65. The van der Waals surface area contributed by atoms with Gasteiger partial charge < -0.3 is 5.73 Å². The second-order valence-corrected chi connectivity index (χ2v) is 7.14. The van der Waals surface area contributed by atoms with Crippen molar-refractivity contribution in [3.63, 3.8) is 0 Å². The molecule has 0 fully saturated rings. The number of benzene rings is 3. The van der Waals surface area contributed by atoms with E-state index in [2.05, 4.69) is 0 Å². The molecule has 0 saturated carbocycles. The van der Waals surface area contributed by atoms with Crippen LogP contribution in [-0.4, -0.2) is 15.0 Å². The molecule has 0 spiro atoms. The Labute approximate surface area is 136 Å². The Bertz CT molecular complexity index is 938. The lowest BCUT2D eigenvalue weighted by Gasteiger charge is -2.23. The first-order valence-electron chi connectivity index (χ1n) is 7.39. The van der Waals surface area contributed by atoms with Gasteiger partial charge >= 0.3 is 0 Å². The average molecular weight is 326 g/mol. The van der Waals surface area contributed by atoms with Gasteiger partial charge in [0.05, 0.1) is 10.6 Å². The van der Waals surface area contributed by atoms with Crippen molar-refractivity contribution in [3.05, 3.63) is 66.7 Å². The number of fused-ring (bicyclic) bond motifs is 1. The maximum absolute atomic E-state index is 13.0. The molecule has 0 bridgehead atoms. The molecule has 0 unspecified atom stereocenters. The molecule has 0 aliphatic rings. The normalized spacial score (nSPS) is 11.5. The number of nitrogen functional groups attached to an aromatic ring is 1. The summed E-state index contributed by atoms with van der Waals surface area (Å²) in [5, 5.41) is 1.77. The molecule has 118 valence electrons. The second-order valence-electron chi connectivity index (χ2n) is 5.27. The van der Waals surface area contributed by atoms with Crippen molar-refractivity contribution in [2.75, 3.05) is 16.6 Å². The van der Waals surface area contributed by atoms with Gasteiger partial charge in [-0.3, -0.25) is 4.31 Å². The van der Waals surface area contributed by atoms with Gasteiger partial charge in [0.25, 0.3) is 10.0 Å². The summed E-state index contributed by atoms with van der Waals surface area (Å²) in [5.41, 5.74) is 7.09. The molecular formula is C18H18N2O2S. The van der Waals surface area contributed by atoms with Crippen molar-refractivity contribution in [2.45, 2.75) is 11.8 Å². The van der Waals surface area contributed by atoms with Gasteiger partial charge in [-0.1, -0.05) is 30.3 Å². The molecule has 5 heteroatoms. The van der Waals surface area contributed by atoms with E-state index in [-0.39, 0.29) is 4.90 Å². The van der Waals surface area contributed by atoms with E-state index in [1.807, 2.05) is 37.3 Å². The molecule has 0 aliphatic carbocycles. The summed E-state index contributed by atoms with van der Waals surface area (Å²) in [7, 11) is -3.60. The number of anilines is 2.